The van der Waals surface area contributed by atoms with Crippen LogP contribution in [0.4, 0.5) is 4.39 Å². The number of Topliss-reactive ketones (excluding diaryl/α,β-unsaturated/α-hetero) is 1. The van der Waals surface area contributed by atoms with Gasteiger partial charge in [0.15, 0.2) is 11.6 Å². The van der Waals surface area contributed by atoms with Crippen LogP contribution in [0.25, 0.3) is 0 Å². The largest absolute Gasteiger partial charge is 0.390 e. The molecule has 3 saturated carbocycles. The Balaban J connectivity index is 1.80. The lowest BCUT2D eigenvalue weighted by Gasteiger charge is -2.63. The summed E-state index contributed by atoms with van der Waals surface area (Å²) < 4.78 is 16.8. The monoisotopic (exact) mass is 380 g/mol. The standard InChI is InChI=1S/C21H29FO5/c1-18-7-5-13(24)9-12(18)3-4-15-14-6-8-20(27,17(26)11-23)19(14,2)10-16(25)21(15,18)22/h9,14-16,23,25,27H,3-8,10-11H2,1-2H3/t14-,15-,16+,18-,19-,20+,21-/m0/s1. The molecule has 0 amide bonds. The van der Waals surface area contributed by atoms with Gasteiger partial charge in [-0.1, -0.05) is 19.4 Å². The lowest BCUT2D eigenvalue weighted by atomic mass is 9.44. The molecule has 5 nitrogen and oxygen atoms in total. The van der Waals surface area contributed by atoms with Crippen LogP contribution in [-0.2, 0) is 9.59 Å². The first kappa shape index (κ1) is 19.2. The van der Waals surface area contributed by atoms with E-state index in [1.807, 2.05) is 6.92 Å². The number of alkyl halides is 1. The predicted molar refractivity (Wildman–Crippen MR) is 95.5 cm³/mol. The summed E-state index contributed by atoms with van der Waals surface area (Å²) in [6.45, 7) is 2.83. The van der Waals surface area contributed by atoms with E-state index >= 15 is 4.39 Å². The summed E-state index contributed by atoms with van der Waals surface area (Å²) in [7, 11) is 0. The molecule has 0 radical (unpaired) electrons. The Morgan fingerprint density at radius 1 is 1.22 bits per heavy atom. The lowest BCUT2D eigenvalue weighted by molar-refractivity contribution is -0.226. The van der Waals surface area contributed by atoms with Crippen molar-refractivity contribution in [1.82, 2.24) is 0 Å². The molecule has 4 rings (SSSR count). The normalized spacial score (nSPS) is 51.9. The summed E-state index contributed by atoms with van der Waals surface area (Å²) in [4.78, 5) is 24.2. The molecule has 0 aromatic carbocycles. The van der Waals surface area contributed by atoms with E-state index in [9.17, 15) is 24.9 Å². The van der Waals surface area contributed by atoms with Crippen molar-refractivity contribution in [1.29, 1.82) is 0 Å². The van der Waals surface area contributed by atoms with Crippen molar-refractivity contribution in [3.63, 3.8) is 0 Å². The first-order chi connectivity index (χ1) is 12.5. The molecule has 0 spiro atoms. The smallest absolute Gasteiger partial charge is 0.190 e. The van der Waals surface area contributed by atoms with Crippen molar-refractivity contribution in [2.24, 2.45) is 22.7 Å². The highest BCUT2D eigenvalue weighted by Gasteiger charge is 2.74. The second kappa shape index (κ2) is 5.71. The third kappa shape index (κ3) is 2.10. The summed E-state index contributed by atoms with van der Waals surface area (Å²) in [5.74, 6) is -1.36. The quantitative estimate of drug-likeness (QED) is 0.680. The van der Waals surface area contributed by atoms with Gasteiger partial charge in [0.1, 0.15) is 17.9 Å². The first-order valence-corrected chi connectivity index (χ1v) is 10.0. The van der Waals surface area contributed by atoms with Crippen LogP contribution in [0.3, 0.4) is 0 Å². The van der Waals surface area contributed by atoms with E-state index in [1.165, 1.54) is 0 Å². The van der Waals surface area contributed by atoms with E-state index in [0.29, 0.717) is 25.7 Å². The van der Waals surface area contributed by atoms with E-state index in [2.05, 4.69) is 0 Å². The fourth-order valence-electron chi connectivity index (χ4n) is 7.16. The zero-order valence-electron chi connectivity index (χ0n) is 16.0. The summed E-state index contributed by atoms with van der Waals surface area (Å²) in [5, 5.41) is 31.5. The Hall–Kier alpha value is -1.11. The Morgan fingerprint density at radius 2 is 1.93 bits per heavy atom. The molecule has 0 unspecified atom stereocenters. The van der Waals surface area contributed by atoms with Gasteiger partial charge in [0.05, 0.1) is 6.10 Å². The molecule has 0 saturated heterocycles. The molecule has 27 heavy (non-hydrogen) atoms. The highest BCUT2D eigenvalue weighted by Crippen LogP contribution is 2.70. The van der Waals surface area contributed by atoms with Crippen molar-refractivity contribution in [3.05, 3.63) is 11.6 Å². The van der Waals surface area contributed by atoms with Gasteiger partial charge in [0, 0.05) is 23.2 Å². The molecule has 7 atom stereocenters. The SMILES string of the molecule is C[C@]12CCC(=O)C=C1CC[C@H]1[C@@H]3CC[C@@](O)(C(=O)CO)[C@@]3(C)C[C@@H](O)[C@@]12F. The molecular weight excluding hydrogens is 351 g/mol. The number of ketones is 2. The second-order valence-electron chi connectivity index (χ2n) is 9.61. The number of hydrogen-bond acceptors (Lipinski definition) is 5. The van der Waals surface area contributed by atoms with Crippen LogP contribution >= 0.6 is 0 Å². The van der Waals surface area contributed by atoms with Gasteiger partial charge in [-0.2, -0.15) is 0 Å². The van der Waals surface area contributed by atoms with Gasteiger partial charge < -0.3 is 15.3 Å². The first-order valence-electron chi connectivity index (χ1n) is 10.0. The minimum absolute atomic E-state index is 0.0171. The fraction of sp³-hybridized carbons (Fsp3) is 0.810. The van der Waals surface area contributed by atoms with Crippen molar-refractivity contribution >= 4 is 11.6 Å². The zero-order chi connectivity index (χ0) is 19.8. The van der Waals surface area contributed by atoms with E-state index in [-0.39, 0.29) is 31.0 Å². The maximum absolute atomic E-state index is 16.8. The molecule has 0 heterocycles. The summed E-state index contributed by atoms with van der Waals surface area (Å²) in [6, 6.07) is 0. The molecule has 3 N–H and O–H groups in total. The van der Waals surface area contributed by atoms with Crippen molar-refractivity contribution < 1.29 is 29.3 Å². The minimum Gasteiger partial charge on any atom is -0.390 e. The molecule has 0 aromatic rings. The molecule has 4 aliphatic rings. The number of rotatable bonds is 2. The van der Waals surface area contributed by atoms with Gasteiger partial charge in [-0.25, -0.2) is 4.39 Å². The predicted octanol–water partition coefficient (Wildman–Crippen LogP) is 1.87. The van der Waals surface area contributed by atoms with Crippen LogP contribution in [0.1, 0.15) is 58.8 Å². The molecule has 0 bridgehead atoms. The average Bonchev–Trinajstić information content (AvgIpc) is 2.88. The Kier molecular flexibility index (Phi) is 4.06. The number of hydrogen-bond donors (Lipinski definition) is 3. The van der Waals surface area contributed by atoms with Crippen molar-refractivity contribution in [3.8, 4) is 0 Å². The maximum atomic E-state index is 16.8. The maximum Gasteiger partial charge on any atom is 0.190 e. The molecule has 6 heteroatoms. The summed E-state index contributed by atoms with van der Waals surface area (Å²) in [6.07, 6.45) is 2.65. The van der Waals surface area contributed by atoms with Crippen LogP contribution in [0.2, 0.25) is 0 Å². The minimum atomic E-state index is -1.88. The van der Waals surface area contributed by atoms with Crippen LogP contribution in [0.5, 0.6) is 0 Å². The van der Waals surface area contributed by atoms with Crippen molar-refractivity contribution in [2.45, 2.75) is 76.2 Å². The van der Waals surface area contributed by atoms with E-state index in [4.69, 9.17) is 0 Å². The van der Waals surface area contributed by atoms with E-state index < -0.39 is 46.5 Å². The van der Waals surface area contributed by atoms with Crippen LogP contribution in [-0.4, -0.2) is 50.9 Å². The van der Waals surface area contributed by atoms with Gasteiger partial charge in [0.25, 0.3) is 0 Å². The van der Waals surface area contributed by atoms with E-state index in [0.717, 1.165) is 5.57 Å². The van der Waals surface area contributed by atoms with Gasteiger partial charge in [-0.15, -0.1) is 0 Å². The molecule has 150 valence electrons. The molecule has 0 aliphatic heterocycles. The van der Waals surface area contributed by atoms with Gasteiger partial charge in [0.2, 0.25) is 0 Å². The zero-order valence-corrected chi connectivity index (χ0v) is 16.0. The second-order valence-corrected chi connectivity index (χ2v) is 9.61. The van der Waals surface area contributed by atoms with Crippen LogP contribution in [0.15, 0.2) is 11.6 Å². The van der Waals surface area contributed by atoms with Crippen LogP contribution < -0.4 is 0 Å². The average molecular weight is 380 g/mol. The third-order valence-electron chi connectivity index (χ3n) is 8.80. The Labute approximate surface area is 158 Å². The Bertz CT molecular complexity index is 734. The number of aliphatic hydroxyl groups is 3. The molecule has 4 aliphatic carbocycles. The number of aliphatic hydroxyl groups excluding tert-OH is 2. The lowest BCUT2D eigenvalue weighted by Crippen LogP contribution is -2.69. The number of halogens is 1. The summed E-state index contributed by atoms with van der Waals surface area (Å²) in [5.41, 5.74) is -4.68. The summed E-state index contributed by atoms with van der Waals surface area (Å²) >= 11 is 0. The number of carbonyl (C=O) groups is 2. The number of allylic oxidation sites excluding steroid dienone is 1. The topological polar surface area (TPSA) is 94.8 Å². The van der Waals surface area contributed by atoms with Gasteiger partial charge in [-0.3, -0.25) is 9.59 Å². The molecular formula is C21H29FO5. The Morgan fingerprint density at radius 3 is 2.59 bits per heavy atom. The van der Waals surface area contributed by atoms with Crippen molar-refractivity contribution in [2.75, 3.05) is 6.61 Å². The molecule has 0 aromatic heterocycles. The van der Waals surface area contributed by atoms with Gasteiger partial charge >= 0.3 is 0 Å². The number of fused-ring (bicyclic) bond motifs is 5. The fourth-order valence-corrected chi connectivity index (χ4v) is 7.16. The van der Waals surface area contributed by atoms with E-state index in [1.54, 1.807) is 13.0 Å². The highest BCUT2D eigenvalue weighted by atomic mass is 19.1. The highest BCUT2D eigenvalue weighted by molar-refractivity contribution is 5.92. The number of carbonyl (C=O) groups excluding carboxylic acids is 2. The van der Waals surface area contributed by atoms with Gasteiger partial charge in [-0.05, 0) is 50.5 Å². The third-order valence-corrected chi connectivity index (χ3v) is 8.80. The van der Waals surface area contributed by atoms with Crippen LogP contribution in [0, 0.1) is 22.7 Å². The molecule has 3 fully saturated rings.